The zero-order valence-corrected chi connectivity index (χ0v) is 31.2. The Kier molecular flexibility index (Phi) is 16.4. The first-order valence-electron chi connectivity index (χ1n) is 19.3. The SMILES string of the molecule is CCCCCCCCCCCCCCCC[n+]1c(C=CC=C2Oc3ccccc3N2CCC[N+](CC)(CC)CC)sc2ccccc21. The Morgan fingerprint density at radius 3 is 1.96 bits per heavy atom. The lowest BCUT2D eigenvalue weighted by atomic mass is 10.0. The van der Waals surface area contributed by atoms with Crippen LogP contribution in [0, 0.1) is 0 Å². The molecule has 0 amide bonds. The molecule has 0 N–H and O–H groups in total. The van der Waals surface area contributed by atoms with Crippen LogP contribution in [0.2, 0.25) is 0 Å². The molecule has 0 fully saturated rings. The van der Waals surface area contributed by atoms with Crippen LogP contribution in [-0.2, 0) is 6.54 Å². The van der Waals surface area contributed by atoms with Gasteiger partial charge in [0, 0.05) is 31.5 Å². The number of ether oxygens (including phenoxy) is 1. The van der Waals surface area contributed by atoms with Gasteiger partial charge in [-0.05, 0) is 57.5 Å². The predicted molar refractivity (Wildman–Crippen MR) is 205 cm³/mol. The van der Waals surface area contributed by atoms with Crippen LogP contribution in [0.4, 0.5) is 5.69 Å². The molecule has 1 aliphatic rings. The molecule has 1 aromatic heterocycles. The minimum atomic E-state index is 0.935. The molecule has 47 heavy (non-hydrogen) atoms. The summed E-state index contributed by atoms with van der Waals surface area (Å²) in [5.41, 5.74) is 2.54. The minimum Gasteiger partial charge on any atom is -0.439 e. The number of anilines is 1. The van der Waals surface area contributed by atoms with Gasteiger partial charge < -0.3 is 14.1 Å². The number of thiazole rings is 1. The maximum absolute atomic E-state index is 6.39. The van der Waals surface area contributed by atoms with Crippen LogP contribution < -0.4 is 14.2 Å². The maximum atomic E-state index is 6.39. The van der Waals surface area contributed by atoms with Crippen molar-refractivity contribution in [2.75, 3.05) is 37.6 Å². The predicted octanol–water partition coefficient (Wildman–Crippen LogP) is 11.7. The van der Waals surface area contributed by atoms with Gasteiger partial charge in [-0.25, -0.2) is 0 Å². The van der Waals surface area contributed by atoms with Crippen molar-refractivity contribution in [2.45, 2.75) is 131 Å². The summed E-state index contributed by atoms with van der Waals surface area (Å²) in [7, 11) is 0. The van der Waals surface area contributed by atoms with Gasteiger partial charge in [0.1, 0.15) is 4.70 Å². The summed E-state index contributed by atoms with van der Waals surface area (Å²) in [6, 6.07) is 17.4. The standard InChI is InChI=1S/C42H65N3OS/c1-5-9-10-11-12-13-14-15-16-17-18-19-20-25-34-44-38-29-22-24-31-40(38)47-42(44)33-26-32-41-43(37-28-21-23-30-39(37)46-41)35-27-36-45(6-2,7-3)8-4/h21-24,26,28-33H,5-20,25,27,34-36H2,1-4H3/q+2. The summed E-state index contributed by atoms with van der Waals surface area (Å²) in [6.07, 6.45) is 27.3. The van der Waals surface area contributed by atoms with E-state index in [0.29, 0.717) is 0 Å². The molecule has 1 aliphatic heterocycles. The lowest BCUT2D eigenvalue weighted by Crippen LogP contribution is -2.48. The number of fused-ring (bicyclic) bond motifs is 2. The lowest BCUT2D eigenvalue weighted by molar-refractivity contribution is -0.923. The molecule has 0 atom stereocenters. The monoisotopic (exact) mass is 659 g/mol. The Labute approximate surface area is 291 Å². The first-order chi connectivity index (χ1) is 23.1. The summed E-state index contributed by atoms with van der Waals surface area (Å²) in [5.74, 6) is 1.90. The van der Waals surface area contributed by atoms with E-state index in [1.165, 1.54) is 141 Å². The van der Waals surface area contributed by atoms with Crippen molar-refractivity contribution < 1.29 is 13.8 Å². The number of hydrogen-bond donors (Lipinski definition) is 0. The Bertz CT molecular complexity index is 1360. The summed E-state index contributed by atoms with van der Waals surface area (Å²) in [6.45, 7) is 16.1. The van der Waals surface area contributed by atoms with Gasteiger partial charge in [-0.3, -0.25) is 0 Å². The molecule has 0 saturated carbocycles. The third-order valence-corrected chi connectivity index (χ3v) is 11.6. The van der Waals surface area contributed by atoms with Crippen molar-refractivity contribution in [3.63, 3.8) is 0 Å². The molecule has 0 bridgehead atoms. The van der Waals surface area contributed by atoms with Crippen LogP contribution in [0.25, 0.3) is 16.3 Å². The molecule has 0 unspecified atom stereocenters. The van der Waals surface area contributed by atoms with E-state index in [2.05, 4.69) is 104 Å². The fourth-order valence-electron chi connectivity index (χ4n) is 7.20. The highest BCUT2D eigenvalue weighted by Crippen LogP contribution is 2.38. The van der Waals surface area contributed by atoms with E-state index in [0.717, 1.165) is 31.1 Å². The van der Waals surface area contributed by atoms with E-state index >= 15 is 0 Å². The second kappa shape index (κ2) is 20.7. The van der Waals surface area contributed by atoms with Crippen molar-refractivity contribution in [1.29, 1.82) is 0 Å². The molecule has 2 aromatic carbocycles. The zero-order chi connectivity index (χ0) is 33.2. The summed E-state index contributed by atoms with van der Waals surface area (Å²) in [5, 5.41) is 1.32. The molecule has 4 nitrogen and oxygen atoms in total. The average Bonchev–Trinajstić information content (AvgIpc) is 3.64. The number of aryl methyl sites for hydroxylation is 1. The van der Waals surface area contributed by atoms with Gasteiger partial charge in [0.15, 0.2) is 12.3 Å². The number of hydrogen-bond acceptors (Lipinski definition) is 3. The Balaban J connectivity index is 1.29. The number of allylic oxidation sites excluding steroid dienone is 2. The highest BCUT2D eigenvalue weighted by atomic mass is 32.1. The van der Waals surface area contributed by atoms with Crippen molar-refractivity contribution in [1.82, 2.24) is 0 Å². The number of quaternary nitrogens is 1. The Morgan fingerprint density at radius 2 is 1.30 bits per heavy atom. The quantitative estimate of drug-likeness (QED) is 0.0540. The van der Waals surface area contributed by atoms with Crippen molar-refractivity contribution in [3.8, 4) is 5.75 Å². The molecular weight excluding hydrogens is 595 g/mol. The van der Waals surface area contributed by atoms with E-state index in [4.69, 9.17) is 4.74 Å². The minimum absolute atomic E-state index is 0.935. The average molecular weight is 660 g/mol. The number of aromatic nitrogens is 1. The smallest absolute Gasteiger partial charge is 0.262 e. The Morgan fingerprint density at radius 1 is 0.702 bits per heavy atom. The van der Waals surface area contributed by atoms with E-state index in [1.54, 1.807) is 0 Å². The fraction of sp³-hybridized carbons (Fsp3) is 0.595. The third-order valence-electron chi connectivity index (χ3n) is 10.5. The molecule has 0 radical (unpaired) electrons. The molecule has 2 heterocycles. The van der Waals surface area contributed by atoms with Crippen molar-refractivity contribution in [3.05, 3.63) is 71.6 Å². The molecule has 258 valence electrons. The third kappa shape index (κ3) is 11.2. The Hall–Kier alpha value is -2.63. The topological polar surface area (TPSA) is 16.4 Å². The van der Waals surface area contributed by atoms with Gasteiger partial charge in [0.2, 0.25) is 11.4 Å². The number of para-hydroxylation sites is 3. The second-order valence-corrected chi connectivity index (χ2v) is 14.7. The molecular formula is C42H65N3OS+2. The van der Waals surface area contributed by atoms with Crippen LogP contribution >= 0.6 is 11.3 Å². The van der Waals surface area contributed by atoms with E-state index < -0.39 is 0 Å². The second-order valence-electron chi connectivity index (χ2n) is 13.6. The van der Waals surface area contributed by atoms with Crippen LogP contribution in [-0.4, -0.2) is 37.2 Å². The number of nitrogens with zero attached hydrogens (tertiary/aromatic N) is 3. The van der Waals surface area contributed by atoms with Gasteiger partial charge >= 0.3 is 0 Å². The molecule has 3 aromatic rings. The van der Waals surface area contributed by atoms with Gasteiger partial charge in [0.25, 0.3) is 5.01 Å². The first kappa shape index (κ1) is 37.2. The molecule has 0 spiro atoms. The van der Waals surface area contributed by atoms with Crippen molar-refractivity contribution >= 4 is 33.3 Å². The molecule has 0 aliphatic carbocycles. The summed E-state index contributed by atoms with van der Waals surface area (Å²) in [4.78, 5) is 2.38. The van der Waals surface area contributed by atoms with Gasteiger partial charge in [-0.15, -0.1) is 0 Å². The van der Waals surface area contributed by atoms with Gasteiger partial charge in [-0.2, -0.15) is 4.57 Å². The normalized spacial score (nSPS) is 14.1. The number of benzene rings is 2. The number of unbranched alkanes of at least 4 members (excludes halogenated alkanes) is 13. The number of rotatable bonds is 24. The molecule has 5 heteroatoms. The molecule has 4 rings (SSSR count). The van der Waals surface area contributed by atoms with E-state index in [-0.39, 0.29) is 0 Å². The largest absolute Gasteiger partial charge is 0.439 e. The highest BCUT2D eigenvalue weighted by Gasteiger charge is 2.27. The van der Waals surface area contributed by atoms with Crippen molar-refractivity contribution in [2.24, 2.45) is 0 Å². The van der Waals surface area contributed by atoms with Gasteiger partial charge in [0.05, 0.1) is 31.9 Å². The van der Waals surface area contributed by atoms with Crippen LogP contribution in [0.1, 0.15) is 129 Å². The van der Waals surface area contributed by atoms with Crippen LogP contribution in [0.15, 0.2) is 66.6 Å². The lowest BCUT2D eigenvalue weighted by Gasteiger charge is -2.36. The molecule has 0 saturated heterocycles. The highest BCUT2D eigenvalue weighted by molar-refractivity contribution is 7.18. The first-order valence-corrected chi connectivity index (χ1v) is 20.2. The van der Waals surface area contributed by atoms with Crippen LogP contribution in [0.3, 0.4) is 0 Å². The van der Waals surface area contributed by atoms with Gasteiger partial charge in [-0.1, -0.05) is 120 Å². The fourth-order valence-corrected chi connectivity index (χ4v) is 8.30. The summed E-state index contributed by atoms with van der Waals surface area (Å²) < 4.78 is 11.5. The van der Waals surface area contributed by atoms with E-state index in [1.807, 2.05) is 11.3 Å². The van der Waals surface area contributed by atoms with Crippen LogP contribution in [0.5, 0.6) is 5.75 Å². The zero-order valence-electron chi connectivity index (χ0n) is 30.4. The van der Waals surface area contributed by atoms with E-state index in [9.17, 15) is 0 Å². The maximum Gasteiger partial charge on any atom is 0.262 e. The summed E-state index contributed by atoms with van der Waals surface area (Å²) >= 11 is 1.90.